The molecular weight excluding hydrogens is 186 g/mol. The van der Waals surface area contributed by atoms with Crippen molar-refractivity contribution in [2.24, 2.45) is 5.92 Å². The second-order valence-corrected chi connectivity index (χ2v) is 5.36. The number of allylic oxidation sites excluding steroid dienone is 2. The van der Waals surface area contributed by atoms with E-state index >= 15 is 0 Å². The first kappa shape index (κ1) is 14.2. The molecular formula is C13H25NO. The van der Waals surface area contributed by atoms with Crippen molar-refractivity contribution in [3.8, 4) is 0 Å². The summed E-state index contributed by atoms with van der Waals surface area (Å²) >= 11 is 0. The van der Waals surface area contributed by atoms with Crippen LogP contribution in [0.5, 0.6) is 0 Å². The summed E-state index contributed by atoms with van der Waals surface area (Å²) in [6, 6.07) is 0. The smallest absolute Gasteiger partial charge is 0.220 e. The van der Waals surface area contributed by atoms with Gasteiger partial charge in [-0.3, -0.25) is 4.79 Å². The first-order chi connectivity index (χ1) is 6.81. The Bertz CT molecular complexity index is 211. The van der Waals surface area contributed by atoms with Gasteiger partial charge in [-0.2, -0.15) is 0 Å². The van der Waals surface area contributed by atoms with Crippen LogP contribution in [0, 0.1) is 5.92 Å². The molecule has 0 heterocycles. The molecule has 0 saturated heterocycles. The lowest BCUT2D eigenvalue weighted by atomic mass is 10.1. The van der Waals surface area contributed by atoms with Crippen molar-refractivity contribution < 1.29 is 4.79 Å². The molecule has 0 aliphatic rings. The number of hydrogen-bond acceptors (Lipinski definition) is 1. The minimum atomic E-state index is -0.106. The molecule has 0 aliphatic carbocycles. The van der Waals surface area contributed by atoms with Crippen LogP contribution in [0.2, 0.25) is 0 Å². The Balaban J connectivity index is 3.56. The lowest BCUT2D eigenvalue weighted by Crippen LogP contribution is -2.40. The normalized spacial score (nSPS) is 12.4. The monoisotopic (exact) mass is 211 g/mol. The van der Waals surface area contributed by atoms with Crippen LogP contribution < -0.4 is 5.32 Å². The fourth-order valence-electron chi connectivity index (χ4n) is 1.23. The van der Waals surface area contributed by atoms with Gasteiger partial charge in [0.15, 0.2) is 0 Å². The predicted molar refractivity (Wildman–Crippen MR) is 65.7 cm³/mol. The summed E-state index contributed by atoms with van der Waals surface area (Å²) in [5, 5.41) is 2.96. The van der Waals surface area contributed by atoms with E-state index in [-0.39, 0.29) is 11.4 Å². The summed E-state index contributed by atoms with van der Waals surface area (Å²) in [5.74, 6) is 0.758. The summed E-state index contributed by atoms with van der Waals surface area (Å²) in [6.07, 6.45) is 6.90. The van der Waals surface area contributed by atoms with Crippen LogP contribution in [-0.4, -0.2) is 11.4 Å². The van der Waals surface area contributed by atoms with E-state index in [2.05, 4.69) is 31.3 Å². The number of unbranched alkanes of at least 4 members (excludes halogenated alkanes) is 1. The molecule has 88 valence electrons. The van der Waals surface area contributed by atoms with Crippen molar-refractivity contribution >= 4 is 5.91 Å². The molecule has 0 aromatic heterocycles. The molecule has 15 heavy (non-hydrogen) atoms. The summed E-state index contributed by atoms with van der Waals surface area (Å²) in [4.78, 5) is 11.4. The maximum atomic E-state index is 11.4. The highest BCUT2D eigenvalue weighted by Gasteiger charge is 2.12. The fraction of sp³-hybridized carbons (Fsp3) is 0.769. The molecule has 0 rings (SSSR count). The zero-order chi connectivity index (χ0) is 11.9. The maximum absolute atomic E-state index is 11.4. The van der Waals surface area contributed by atoms with Crippen LogP contribution in [0.15, 0.2) is 12.2 Å². The summed E-state index contributed by atoms with van der Waals surface area (Å²) in [6.45, 7) is 10.3. The standard InChI is InChI=1S/C13H25NO/c1-11(2)9-7-6-8-10-12(15)14-13(3,4)5/h7,9,11H,6,8,10H2,1-5H3,(H,14,15)/b9-7+. The van der Waals surface area contributed by atoms with E-state index in [4.69, 9.17) is 0 Å². The molecule has 0 saturated carbocycles. The number of carbonyl (C=O) groups is 1. The minimum absolute atomic E-state index is 0.106. The van der Waals surface area contributed by atoms with Crippen LogP contribution in [0.1, 0.15) is 53.9 Å². The van der Waals surface area contributed by atoms with E-state index in [0.717, 1.165) is 12.8 Å². The first-order valence-electron chi connectivity index (χ1n) is 5.79. The molecule has 1 N–H and O–H groups in total. The fourth-order valence-corrected chi connectivity index (χ4v) is 1.23. The van der Waals surface area contributed by atoms with Crippen molar-refractivity contribution in [3.63, 3.8) is 0 Å². The molecule has 0 fully saturated rings. The highest BCUT2D eigenvalue weighted by molar-refractivity contribution is 5.76. The van der Waals surface area contributed by atoms with Gasteiger partial charge in [0.25, 0.3) is 0 Å². The van der Waals surface area contributed by atoms with Gasteiger partial charge in [-0.25, -0.2) is 0 Å². The number of hydrogen-bond donors (Lipinski definition) is 1. The maximum Gasteiger partial charge on any atom is 0.220 e. The molecule has 0 atom stereocenters. The molecule has 0 aromatic rings. The third kappa shape index (κ3) is 11.1. The molecule has 0 aromatic carbocycles. The molecule has 0 bridgehead atoms. The van der Waals surface area contributed by atoms with Gasteiger partial charge >= 0.3 is 0 Å². The Morgan fingerprint density at radius 3 is 2.40 bits per heavy atom. The lowest BCUT2D eigenvalue weighted by molar-refractivity contribution is -0.122. The summed E-state index contributed by atoms with van der Waals surface area (Å²) in [7, 11) is 0. The zero-order valence-electron chi connectivity index (χ0n) is 10.8. The highest BCUT2D eigenvalue weighted by atomic mass is 16.1. The molecule has 0 radical (unpaired) electrons. The largest absolute Gasteiger partial charge is 0.352 e. The van der Waals surface area contributed by atoms with E-state index in [1.165, 1.54) is 0 Å². The number of carbonyl (C=O) groups excluding carboxylic acids is 1. The average Bonchev–Trinajstić information content (AvgIpc) is 1.99. The van der Waals surface area contributed by atoms with E-state index in [1.54, 1.807) is 0 Å². The molecule has 2 nitrogen and oxygen atoms in total. The van der Waals surface area contributed by atoms with E-state index in [1.807, 2.05) is 20.8 Å². The van der Waals surface area contributed by atoms with Gasteiger partial charge in [0.1, 0.15) is 0 Å². The molecule has 0 spiro atoms. The van der Waals surface area contributed by atoms with Gasteiger partial charge in [0.05, 0.1) is 0 Å². The number of amides is 1. The second kappa shape index (κ2) is 6.65. The lowest BCUT2D eigenvalue weighted by Gasteiger charge is -2.20. The van der Waals surface area contributed by atoms with Crippen LogP contribution in [-0.2, 0) is 4.79 Å². The van der Waals surface area contributed by atoms with Crippen LogP contribution in [0.25, 0.3) is 0 Å². The molecule has 0 aliphatic heterocycles. The SMILES string of the molecule is CC(C)/C=C/CCCC(=O)NC(C)(C)C. The van der Waals surface area contributed by atoms with Crippen LogP contribution >= 0.6 is 0 Å². The Morgan fingerprint density at radius 1 is 1.33 bits per heavy atom. The van der Waals surface area contributed by atoms with Crippen molar-refractivity contribution in [3.05, 3.63) is 12.2 Å². The van der Waals surface area contributed by atoms with Gasteiger partial charge in [0.2, 0.25) is 5.91 Å². The van der Waals surface area contributed by atoms with Crippen LogP contribution in [0.4, 0.5) is 0 Å². The van der Waals surface area contributed by atoms with Crippen molar-refractivity contribution in [1.29, 1.82) is 0 Å². The predicted octanol–water partition coefficient (Wildman–Crippen LogP) is 3.28. The second-order valence-electron chi connectivity index (χ2n) is 5.36. The molecule has 2 heteroatoms. The third-order valence-corrected chi connectivity index (χ3v) is 1.81. The van der Waals surface area contributed by atoms with E-state index in [0.29, 0.717) is 12.3 Å². The van der Waals surface area contributed by atoms with Gasteiger partial charge in [-0.1, -0.05) is 26.0 Å². The first-order valence-corrected chi connectivity index (χ1v) is 5.79. The van der Waals surface area contributed by atoms with Gasteiger partial charge in [0, 0.05) is 12.0 Å². The Morgan fingerprint density at radius 2 is 1.93 bits per heavy atom. The minimum Gasteiger partial charge on any atom is -0.352 e. The topological polar surface area (TPSA) is 29.1 Å². The van der Waals surface area contributed by atoms with Gasteiger partial charge < -0.3 is 5.32 Å². The van der Waals surface area contributed by atoms with E-state index in [9.17, 15) is 4.79 Å². The van der Waals surface area contributed by atoms with E-state index < -0.39 is 0 Å². The quantitative estimate of drug-likeness (QED) is 0.549. The van der Waals surface area contributed by atoms with Crippen molar-refractivity contribution in [2.45, 2.75) is 59.4 Å². The molecule has 1 amide bonds. The van der Waals surface area contributed by atoms with Crippen molar-refractivity contribution in [2.75, 3.05) is 0 Å². The molecule has 0 unspecified atom stereocenters. The highest BCUT2D eigenvalue weighted by Crippen LogP contribution is 2.03. The number of rotatable bonds is 5. The number of nitrogens with one attached hydrogen (secondary N) is 1. The Labute approximate surface area is 94.1 Å². The Hall–Kier alpha value is -0.790. The van der Waals surface area contributed by atoms with Crippen molar-refractivity contribution in [1.82, 2.24) is 5.32 Å². The summed E-state index contributed by atoms with van der Waals surface area (Å²) < 4.78 is 0. The van der Waals surface area contributed by atoms with Gasteiger partial charge in [-0.05, 0) is 39.5 Å². The third-order valence-electron chi connectivity index (χ3n) is 1.81. The zero-order valence-corrected chi connectivity index (χ0v) is 10.8. The summed E-state index contributed by atoms with van der Waals surface area (Å²) in [5.41, 5.74) is -0.106. The van der Waals surface area contributed by atoms with Crippen LogP contribution in [0.3, 0.4) is 0 Å². The van der Waals surface area contributed by atoms with Gasteiger partial charge in [-0.15, -0.1) is 0 Å². The Kier molecular flexibility index (Phi) is 6.30. The average molecular weight is 211 g/mol.